The molecule has 2 N–H and O–H groups in total. The summed E-state index contributed by atoms with van der Waals surface area (Å²) >= 11 is 0. The predicted octanol–water partition coefficient (Wildman–Crippen LogP) is 1.47. The topological polar surface area (TPSA) is 83.3 Å². The molecule has 2 aliphatic rings. The van der Waals surface area contributed by atoms with Crippen molar-refractivity contribution in [1.82, 2.24) is 25.7 Å². The number of hydrogen-bond donors (Lipinski definition) is 2. The van der Waals surface area contributed by atoms with Crippen LogP contribution in [-0.4, -0.2) is 60.2 Å². The first kappa shape index (κ1) is 18.1. The van der Waals surface area contributed by atoms with E-state index in [1.807, 2.05) is 13.0 Å². The second-order valence-corrected chi connectivity index (χ2v) is 6.66. The minimum atomic E-state index is -0.0641. The van der Waals surface area contributed by atoms with Gasteiger partial charge in [-0.3, -0.25) is 9.69 Å². The average molecular weight is 366 g/mol. The van der Waals surface area contributed by atoms with Gasteiger partial charge in [0.1, 0.15) is 0 Å². The van der Waals surface area contributed by atoms with Gasteiger partial charge in [0, 0.05) is 50.9 Å². The summed E-state index contributed by atoms with van der Waals surface area (Å²) in [6.07, 6.45) is 2.27. The van der Waals surface area contributed by atoms with Gasteiger partial charge in [0.2, 0.25) is 0 Å². The summed E-state index contributed by atoms with van der Waals surface area (Å²) in [5.74, 6) is 0.401. The van der Waals surface area contributed by atoms with E-state index in [1.165, 1.54) is 0 Å². The first-order valence-corrected chi connectivity index (χ1v) is 8.70. The van der Waals surface area contributed by atoms with Crippen LogP contribution >= 0.6 is 12.4 Å². The lowest BCUT2D eigenvalue weighted by atomic mass is 10.1. The number of halogens is 1. The standard InChI is InChI=1S/C17H23N5O2.ClH/c1-11-15-13(10-14(12-2-3-12)20-17(15)24-21-11)16(23)19-6-9-22-7-4-18-5-8-22;/h10,12,18H,2-9H2,1H3,(H,19,23);1H. The zero-order chi connectivity index (χ0) is 16.5. The molecule has 1 aliphatic carbocycles. The molecule has 0 atom stereocenters. The number of fused-ring (bicyclic) bond motifs is 1. The van der Waals surface area contributed by atoms with Gasteiger partial charge in [0.15, 0.2) is 0 Å². The smallest absolute Gasteiger partial charge is 0.259 e. The number of amides is 1. The van der Waals surface area contributed by atoms with Gasteiger partial charge in [0.05, 0.1) is 16.6 Å². The van der Waals surface area contributed by atoms with Gasteiger partial charge in [-0.15, -0.1) is 12.4 Å². The zero-order valence-corrected chi connectivity index (χ0v) is 15.2. The number of aromatic nitrogens is 2. The molecule has 0 radical (unpaired) electrons. The number of nitrogens with zero attached hydrogens (tertiary/aromatic N) is 3. The molecule has 25 heavy (non-hydrogen) atoms. The molecule has 136 valence electrons. The normalized spacial score (nSPS) is 18.1. The highest BCUT2D eigenvalue weighted by atomic mass is 35.5. The molecule has 0 aromatic carbocycles. The molecule has 1 amide bonds. The van der Waals surface area contributed by atoms with Crippen molar-refractivity contribution < 1.29 is 9.32 Å². The summed E-state index contributed by atoms with van der Waals surface area (Å²) in [6, 6.07) is 1.92. The van der Waals surface area contributed by atoms with E-state index in [-0.39, 0.29) is 18.3 Å². The maximum absolute atomic E-state index is 12.7. The molecule has 7 nitrogen and oxygen atoms in total. The van der Waals surface area contributed by atoms with Crippen molar-refractivity contribution in [2.24, 2.45) is 0 Å². The summed E-state index contributed by atoms with van der Waals surface area (Å²) in [5, 5.41) is 11.1. The molecule has 2 aromatic heterocycles. The van der Waals surface area contributed by atoms with Gasteiger partial charge < -0.3 is 15.2 Å². The lowest BCUT2D eigenvalue weighted by Crippen LogP contribution is -2.46. The van der Waals surface area contributed by atoms with E-state index in [4.69, 9.17) is 4.52 Å². The lowest BCUT2D eigenvalue weighted by molar-refractivity contribution is 0.0948. The third-order valence-corrected chi connectivity index (χ3v) is 4.80. The lowest BCUT2D eigenvalue weighted by Gasteiger charge is -2.27. The monoisotopic (exact) mass is 365 g/mol. The van der Waals surface area contributed by atoms with Crippen LogP contribution in [-0.2, 0) is 0 Å². The molecule has 0 bridgehead atoms. The van der Waals surface area contributed by atoms with E-state index in [1.54, 1.807) is 0 Å². The van der Waals surface area contributed by atoms with Crippen LogP contribution < -0.4 is 10.6 Å². The minimum absolute atomic E-state index is 0. The van der Waals surface area contributed by atoms with Crippen molar-refractivity contribution >= 4 is 29.4 Å². The van der Waals surface area contributed by atoms with Crippen LogP contribution in [0.5, 0.6) is 0 Å². The van der Waals surface area contributed by atoms with Crippen LogP contribution in [0, 0.1) is 6.92 Å². The Morgan fingerprint density at radius 1 is 1.40 bits per heavy atom. The number of carbonyl (C=O) groups is 1. The molecule has 1 aliphatic heterocycles. The summed E-state index contributed by atoms with van der Waals surface area (Å²) in [6.45, 7) is 7.47. The van der Waals surface area contributed by atoms with Crippen molar-refractivity contribution in [3.63, 3.8) is 0 Å². The van der Waals surface area contributed by atoms with Crippen molar-refractivity contribution in [2.75, 3.05) is 39.3 Å². The molecule has 3 heterocycles. The number of nitrogens with one attached hydrogen (secondary N) is 2. The maximum Gasteiger partial charge on any atom is 0.259 e. The predicted molar refractivity (Wildman–Crippen MR) is 97.4 cm³/mol. The number of aryl methyl sites for hydroxylation is 1. The Morgan fingerprint density at radius 2 is 2.16 bits per heavy atom. The van der Waals surface area contributed by atoms with E-state index in [2.05, 4.69) is 25.7 Å². The van der Waals surface area contributed by atoms with Crippen molar-refractivity contribution in [3.8, 4) is 0 Å². The van der Waals surface area contributed by atoms with Crippen LogP contribution in [0.3, 0.4) is 0 Å². The zero-order valence-electron chi connectivity index (χ0n) is 14.4. The Morgan fingerprint density at radius 3 is 2.88 bits per heavy atom. The van der Waals surface area contributed by atoms with E-state index in [9.17, 15) is 4.79 Å². The molecule has 2 aromatic rings. The van der Waals surface area contributed by atoms with Crippen LogP contribution in [0.2, 0.25) is 0 Å². The number of hydrogen-bond acceptors (Lipinski definition) is 6. The first-order chi connectivity index (χ1) is 11.7. The fourth-order valence-corrected chi connectivity index (χ4v) is 3.24. The molecule has 2 fully saturated rings. The van der Waals surface area contributed by atoms with E-state index in [0.29, 0.717) is 29.4 Å². The highest BCUT2D eigenvalue weighted by Crippen LogP contribution is 2.40. The maximum atomic E-state index is 12.7. The van der Waals surface area contributed by atoms with Gasteiger partial charge >= 0.3 is 0 Å². The summed E-state index contributed by atoms with van der Waals surface area (Å²) < 4.78 is 5.30. The average Bonchev–Trinajstić information content (AvgIpc) is 3.39. The molecule has 8 heteroatoms. The number of carbonyl (C=O) groups excluding carboxylic acids is 1. The highest BCUT2D eigenvalue weighted by molar-refractivity contribution is 6.06. The van der Waals surface area contributed by atoms with Gasteiger partial charge in [0.25, 0.3) is 11.6 Å². The third-order valence-electron chi connectivity index (χ3n) is 4.80. The third kappa shape index (κ3) is 3.94. The second kappa shape index (κ2) is 7.68. The van der Waals surface area contributed by atoms with Gasteiger partial charge in [-0.05, 0) is 25.8 Å². The quantitative estimate of drug-likeness (QED) is 0.834. The van der Waals surface area contributed by atoms with Crippen LogP contribution in [0.4, 0.5) is 0 Å². The molecule has 0 spiro atoms. The largest absolute Gasteiger partial charge is 0.351 e. The molecule has 0 unspecified atom stereocenters. The fraction of sp³-hybridized carbons (Fsp3) is 0.588. The Balaban J connectivity index is 0.00000182. The highest BCUT2D eigenvalue weighted by Gasteiger charge is 2.28. The fourth-order valence-electron chi connectivity index (χ4n) is 3.24. The molecule has 4 rings (SSSR count). The molecule has 1 saturated carbocycles. The van der Waals surface area contributed by atoms with E-state index in [0.717, 1.165) is 56.6 Å². The van der Waals surface area contributed by atoms with Gasteiger partial charge in [-0.2, -0.15) is 0 Å². The van der Waals surface area contributed by atoms with Crippen molar-refractivity contribution in [3.05, 3.63) is 23.0 Å². The Labute approximate surface area is 152 Å². The summed E-state index contributed by atoms with van der Waals surface area (Å²) in [5.41, 5.74) is 2.78. The molecule has 1 saturated heterocycles. The Hall–Kier alpha value is -1.70. The first-order valence-electron chi connectivity index (χ1n) is 8.70. The van der Waals surface area contributed by atoms with E-state index >= 15 is 0 Å². The number of pyridine rings is 1. The number of rotatable bonds is 5. The molecular formula is C17H24ClN5O2. The van der Waals surface area contributed by atoms with E-state index < -0.39 is 0 Å². The van der Waals surface area contributed by atoms with Gasteiger partial charge in [-0.1, -0.05) is 5.16 Å². The van der Waals surface area contributed by atoms with Gasteiger partial charge in [-0.25, -0.2) is 4.98 Å². The SMILES string of the molecule is Cc1noc2nc(C3CC3)cc(C(=O)NCCN3CCNCC3)c12.Cl. The summed E-state index contributed by atoms with van der Waals surface area (Å²) in [4.78, 5) is 19.6. The van der Waals surface area contributed by atoms with Crippen molar-refractivity contribution in [2.45, 2.75) is 25.7 Å². The van der Waals surface area contributed by atoms with Crippen LogP contribution in [0.25, 0.3) is 11.1 Å². The molecular weight excluding hydrogens is 342 g/mol. The Bertz CT molecular complexity index is 753. The Kier molecular flexibility index (Phi) is 5.56. The summed E-state index contributed by atoms with van der Waals surface area (Å²) in [7, 11) is 0. The number of piperazine rings is 1. The second-order valence-electron chi connectivity index (χ2n) is 6.66. The minimum Gasteiger partial charge on any atom is -0.351 e. The van der Waals surface area contributed by atoms with Crippen molar-refractivity contribution in [1.29, 1.82) is 0 Å². The van der Waals surface area contributed by atoms with Crippen LogP contribution in [0.15, 0.2) is 10.6 Å². The van der Waals surface area contributed by atoms with Crippen LogP contribution in [0.1, 0.15) is 40.5 Å².